The van der Waals surface area contributed by atoms with Gasteiger partial charge in [-0.15, -0.1) is 0 Å². The van der Waals surface area contributed by atoms with Crippen LogP contribution in [0.2, 0.25) is 0 Å². The van der Waals surface area contributed by atoms with Crippen molar-refractivity contribution >= 4 is 30.6 Å². The van der Waals surface area contributed by atoms with Crippen molar-refractivity contribution in [2.75, 3.05) is 0 Å². The largest absolute Gasteiger partial charge is 0.261 e. The van der Waals surface area contributed by atoms with Crippen molar-refractivity contribution in [3.8, 4) is 11.1 Å². The van der Waals surface area contributed by atoms with Crippen LogP contribution in [0.1, 0.15) is 5.56 Å². The fourth-order valence-corrected chi connectivity index (χ4v) is 3.09. The number of pyridine rings is 1. The minimum absolute atomic E-state index is 0.0837. The Bertz CT molecular complexity index is 936. The second-order valence-corrected chi connectivity index (χ2v) is 7.40. The second-order valence-electron chi connectivity index (χ2n) is 4.83. The Morgan fingerprint density at radius 3 is 2.52 bits per heavy atom. The smallest absolute Gasteiger partial charge is 0.256 e. The van der Waals surface area contributed by atoms with Gasteiger partial charge < -0.3 is 0 Å². The lowest BCUT2D eigenvalue weighted by atomic mass is 10.0. The lowest BCUT2D eigenvalue weighted by Gasteiger charge is -2.07. The molecule has 0 spiro atoms. The quantitative estimate of drug-likeness (QED) is 0.667. The van der Waals surface area contributed by atoms with Crippen LogP contribution in [-0.4, -0.2) is 13.4 Å². The van der Waals surface area contributed by atoms with Crippen LogP contribution in [0.15, 0.2) is 59.6 Å². The molecule has 21 heavy (non-hydrogen) atoms. The summed E-state index contributed by atoms with van der Waals surface area (Å²) in [6.07, 6.45) is 1.79. The number of hydrogen-bond donors (Lipinski definition) is 0. The summed E-state index contributed by atoms with van der Waals surface area (Å²) in [7, 11) is 1.66. The minimum Gasteiger partial charge on any atom is -0.256 e. The third-order valence-corrected chi connectivity index (χ3v) is 4.74. The molecular weight excluding hydrogens is 306 g/mol. The van der Waals surface area contributed by atoms with E-state index in [2.05, 4.69) is 4.98 Å². The molecule has 0 aliphatic rings. The van der Waals surface area contributed by atoms with Gasteiger partial charge in [0.05, 0.1) is 10.4 Å². The minimum atomic E-state index is -3.74. The van der Waals surface area contributed by atoms with Gasteiger partial charge in [-0.2, -0.15) is 0 Å². The fraction of sp³-hybridized carbons (Fsp3) is 0.0625. The normalized spacial score (nSPS) is 11.7. The Labute approximate surface area is 127 Å². The molecule has 3 rings (SSSR count). The fourth-order valence-electron chi connectivity index (χ4n) is 2.31. The van der Waals surface area contributed by atoms with E-state index in [9.17, 15) is 8.42 Å². The molecule has 1 heterocycles. The summed E-state index contributed by atoms with van der Waals surface area (Å²) < 4.78 is 22.9. The highest BCUT2D eigenvalue weighted by Gasteiger charge is 2.11. The predicted octanol–water partition coefficient (Wildman–Crippen LogP) is 4.14. The van der Waals surface area contributed by atoms with Gasteiger partial charge in [0, 0.05) is 27.8 Å². The standard InChI is InChI=1S/C16H12ClNO2S/c1-11-4-2-3-5-15(11)13-8-12-9-14(21(17,19)20)6-7-16(12)18-10-13/h2-10H,1H3. The zero-order valence-corrected chi connectivity index (χ0v) is 12.8. The first-order chi connectivity index (χ1) is 9.95. The topological polar surface area (TPSA) is 47.0 Å². The highest BCUT2D eigenvalue weighted by Crippen LogP contribution is 2.27. The van der Waals surface area contributed by atoms with Crippen molar-refractivity contribution in [1.82, 2.24) is 4.98 Å². The number of rotatable bonds is 2. The molecule has 3 aromatic rings. The highest BCUT2D eigenvalue weighted by molar-refractivity contribution is 8.13. The molecule has 0 saturated heterocycles. The Balaban J connectivity index is 2.22. The summed E-state index contributed by atoms with van der Waals surface area (Å²) in [6, 6.07) is 14.6. The molecule has 0 unspecified atom stereocenters. The number of nitrogens with zero attached hydrogens (tertiary/aromatic N) is 1. The first kappa shape index (κ1) is 14.0. The monoisotopic (exact) mass is 317 g/mol. The van der Waals surface area contributed by atoms with Gasteiger partial charge in [-0.25, -0.2) is 8.42 Å². The van der Waals surface area contributed by atoms with Crippen LogP contribution in [-0.2, 0) is 9.05 Å². The van der Waals surface area contributed by atoms with E-state index < -0.39 is 9.05 Å². The van der Waals surface area contributed by atoms with E-state index in [1.165, 1.54) is 6.07 Å². The summed E-state index contributed by atoms with van der Waals surface area (Å²) >= 11 is 0. The van der Waals surface area contributed by atoms with Crippen LogP contribution in [0.3, 0.4) is 0 Å². The summed E-state index contributed by atoms with van der Waals surface area (Å²) in [5, 5.41) is 0.748. The molecule has 0 atom stereocenters. The second kappa shape index (κ2) is 5.13. The first-order valence-corrected chi connectivity index (χ1v) is 8.66. The van der Waals surface area contributed by atoms with Crippen LogP contribution in [0, 0.1) is 6.92 Å². The lowest BCUT2D eigenvalue weighted by Crippen LogP contribution is -1.91. The maximum Gasteiger partial charge on any atom is 0.261 e. The highest BCUT2D eigenvalue weighted by atomic mass is 35.7. The predicted molar refractivity (Wildman–Crippen MR) is 85.0 cm³/mol. The summed E-state index contributed by atoms with van der Waals surface area (Å²) in [4.78, 5) is 4.47. The molecule has 106 valence electrons. The molecular formula is C16H12ClNO2S. The summed E-state index contributed by atoms with van der Waals surface area (Å²) in [5.41, 5.74) is 3.90. The summed E-state index contributed by atoms with van der Waals surface area (Å²) in [6.45, 7) is 2.03. The molecule has 0 aliphatic carbocycles. The third kappa shape index (κ3) is 2.77. The van der Waals surface area contributed by atoms with E-state index in [1.807, 2.05) is 37.3 Å². The van der Waals surface area contributed by atoms with Crippen LogP contribution in [0.4, 0.5) is 0 Å². The maximum absolute atomic E-state index is 11.4. The van der Waals surface area contributed by atoms with Gasteiger partial charge >= 0.3 is 0 Å². The molecule has 5 heteroatoms. The van der Waals surface area contributed by atoms with Gasteiger partial charge in [0.1, 0.15) is 0 Å². The first-order valence-electron chi connectivity index (χ1n) is 6.35. The zero-order chi connectivity index (χ0) is 15.0. The average Bonchev–Trinajstić information content (AvgIpc) is 2.45. The molecule has 0 amide bonds. The summed E-state index contributed by atoms with van der Waals surface area (Å²) in [5.74, 6) is 0. The van der Waals surface area contributed by atoms with Gasteiger partial charge in [0.25, 0.3) is 9.05 Å². The van der Waals surface area contributed by atoms with Crippen LogP contribution >= 0.6 is 10.7 Å². The van der Waals surface area contributed by atoms with Gasteiger partial charge in [0.15, 0.2) is 0 Å². The van der Waals surface area contributed by atoms with Crippen molar-refractivity contribution in [2.24, 2.45) is 0 Å². The van der Waals surface area contributed by atoms with Crippen LogP contribution in [0.5, 0.6) is 0 Å². The maximum atomic E-state index is 11.4. The molecule has 0 saturated carbocycles. The Hall–Kier alpha value is -1.91. The van der Waals surface area contributed by atoms with E-state index in [1.54, 1.807) is 18.3 Å². The zero-order valence-electron chi connectivity index (χ0n) is 11.2. The number of hydrogen-bond acceptors (Lipinski definition) is 3. The number of benzene rings is 2. The lowest BCUT2D eigenvalue weighted by molar-refractivity contribution is 0.609. The Kier molecular flexibility index (Phi) is 3.43. The molecule has 0 radical (unpaired) electrons. The van der Waals surface area contributed by atoms with Crippen molar-refractivity contribution in [1.29, 1.82) is 0 Å². The van der Waals surface area contributed by atoms with E-state index in [-0.39, 0.29) is 4.90 Å². The third-order valence-electron chi connectivity index (χ3n) is 3.39. The van der Waals surface area contributed by atoms with E-state index >= 15 is 0 Å². The van der Waals surface area contributed by atoms with Crippen molar-refractivity contribution in [3.05, 3.63) is 60.3 Å². The molecule has 2 aromatic carbocycles. The number of fused-ring (bicyclic) bond motifs is 1. The van der Waals surface area contributed by atoms with E-state index in [0.29, 0.717) is 0 Å². The van der Waals surface area contributed by atoms with Crippen LogP contribution in [0.25, 0.3) is 22.0 Å². The van der Waals surface area contributed by atoms with E-state index in [0.717, 1.165) is 27.6 Å². The Morgan fingerprint density at radius 2 is 1.81 bits per heavy atom. The number of aromatic nitrogens is 1. The molecule has 0 N–H and O–H groups in total. The average molecular weight is 318 g/mol. The SMILES string of the molecule is Cc1ccccc1-c1cnc2ccc(S(=O)(=O)Cl)cc2c1. The van der Waals surface area contributed by atoms with Gasteiger partial charge in [0.2, 0.25) is 0 Å². The molecule has 0 aliphatic heterocycles. The molecule has 0 bridgehead atoms. The van der Waals surface area contributed by atoms with Gasteiger partial charge in [-0.05, 0) is 42.3 Å². The molecule has 3 nitrogen and oxygen atoms in total. The van der Waals surface area contributed by atoms with Crippen molar-refractivity contribution in [3.63, 3.8) is 0 Å². The van der Waals surface area contributed by atoms with E-state index in [4.69, 9.17) is 10.7 Å². The Morgan fingerprint density at radius 1 is 1.05 bits per heavy atom. The molecule has 0 fully saturated rings. The van der Waals surface area contributed by atoms with Crippen LogP contribution < -0.4 is 0 Å². The molecule has 1 aromatic heterocycles. The number of aryl methyl sites for hydroxylation is 1. The van der Waals surface area contributed by atoms with Crippen molar-refractivity contribution in [2.45, 2.75) is 11.8 Å². The van der Waals surface area contributed by atoms with Crippen molar-refractivity contribution < 1.29 is 8.42 Å². The van der Waals surface area contributed by atoms with Gasteiger partial charge in [-0.3, -0.25) is 4.98 Å². The number of halogens is 1. The van der Waals surface area contributed by atoms with Gasteiger partial charge in [-0.1, -0.05) is 24.3 Å².